The van der Waals surface area contributed by atoms with E-state index in [0.29, 0.717) is 12.0 Å². The molecule has 2 unspecified atom stereocenters. The zero-order valence-corrected chi connectivity index (χ0v) is 13.7. The average molecular weight is 283 g/mol. The molecule has 1 aliphatic heterocycles. The SMILES string of the molecule is CCCNC(=O)C(C)NC(C)C1CCN(CCC)CC1. The number of nitrogens with one attached hydrogen (secondary N) is 2. The Hall–Kier alpha value is -0.610. The Kier molecular flexibility index (Phi) is 8.15. The van der Waals surface area contributed by atoms with Crippen molar-refractivity contribution in [2.24, 2.45) is 5.92 Å². The van der Waals surface area contributed by atoms with E-state index in [1.807, 2.05) is 6.92 Å². The standard InChI is InChI=1S/C16H33N3O/c1-5-9-17-16(20)14(4)18-13(3)15-7-11-19(10-6-2)12-8-15/h13-15,18H,5-12H2,1-4H3,(H,17,20). The summed E-state index contributed by atoms with van der Waals surface area (Å²) in [4.78, 5) is 14.4. The zero-order chi connectivity index (χ0) is 15.0. The summed E-state index contributed by atoms with van der Waals surface area (Å²) >= 11 is 0. The van der Waals surface area contributed by atoms with E-state index in [1.54, 1.807) is 0 Å². The molecule has 0 aromatic carbocycles. The first-order valence-corrected chi connectivity index (χ1v) is 8.34. The van der Waals surface area contributed by atoms with Crippen LogP contribution in [0.25, 0.3) is 0 Å². The number of piperidine rings is 1. The number of rotatable bonds is 8. The van der Waals surface area contributed by atoms with Gasteiger partial charge in [-0.3, -0.25) is 4.79 Å². The Morgan fingerprint density at radius 1 is 1.20 bits per heavy atom. The number of hydrogen-bond acceptors (Lipinski definition) is 3. The molecule has 1 heterocycles. The van der Waals surface area contributed by atoms with Gasteiger partial charge in [-0.15, -0.1) is 0 Å². The number of carbonyl (C=O) groups is 1. The van der Waals surface area contributed by atoms with Gasteiger partial charge in [-0.2, -0.15) is 0 Å². The van der Waals surface area contributed by atoms with Crippen molar-refractivity contribution in [2.45, 2.75) is 65.5 Å². The molecule has 1 saturated heterocycles. The second-order valence-electron chi connectivity index (χ2n) is 6.15. The lowest BCUT2D eigenvalue weighted by atomic mass is 9.90. The smallest absolute Gasteiger partial charge is 0.236 e. The minimum Gasteiger partial charge on any atom is -0.355 e. The third kappa shape index (κ3) is 5.80. The van der Waals surface area contributed by atoms with E-state index in [4.69, 9.17) is 0 Å². The highest BCUT2D eigenvalue weighted by molar-refractivity contribution is 5.81. The molecule has 118 valence electrons. The summed E-state index contributed by atoms with van der Waals surface area (Å²) in [5, 5.41) is 6.43. The predicted molar refractivity (Wildman–Crippen MR) is 84.8 cm³/mol. The molecule has 0 bridgehead atoms. The molecule has 0 saturated carbocycles. The summed E-state index contributed by atoms with van der Waals surface area (Å²) in [6, 6.07) is 0.325. The van der Waals surface area contributed by atoms with Gasteiger partial charge in [-0.1, -0.05) is 13.8 Å². The minimum atomic E-state index is -0.0924. The molecule has 0 aliphatic carbocycles. The van der Waals surface area contributed by atoms with Crippen LogP contribution in [0.1, 0.15) is 53.4 Å². The van der Waals surface area contributed by atoms with E-state index in [9.17, 15) is 4.79 Å². The Bertz CT molecular complexity index is 275. The first-order chi connectivity index (χ1) is 9.58. The van der Waals surface area contributed by atoms with E-state index >= 15 is 0 Å². The van der Waals surface area contributed by atoms with Crippen molar-refractivity contribution in [1.29, 1.82) is 0 Å². The molecule has 1 amide bonds. The lowest BCUT2D eigenvalue weighted by molar-refractivity contribution is -0.123. The van der Waals surface area contributed by atoms with Crippen LogP contribution >= 0.6 is 0 Å². The fourth-order valence-corrected chi connectivity index (χ4v) is 3.00. The van der Waals surface area contributed by atoms with Gasteiger partial charge < -0.3 is 15.5 Å². The van der Waals surface area contributed by atoms with Crippen LogP contribution in [0.2, 0.25) is 0 Å². The Morgan fingerprint density at radius 3 is 2.40 bits per heavy atom. The monoisotopic (exact) mass is 283 g/mol. The van der Waals surface area contributed by atoms with E-state index in [-0.39, 0.29) is 11.9 Å². The van der Waals surface area contributed by atoms with Gasteiger partial charge in [-0.05, 0) is 65.1 Å². The van der Waals surface area contributed by atoms with Gasteiger partial charge >= 0.3 is 0 Å². The van der Waals surface area contributed by atoms with Crippen LogP contribution < -0.4 is 10.6 Å². The topological polar surface area (TPSA) is 44.4 Å². The van der Waals surface area contributed by atoms with Crippen molar-refractivity contribution in [2.75, 3.05) is 26.2 Å². The number of nitrogens with zero attached hydrogens (tertiary/aromatic N) is 1. The van der Waals surface area contributed by atoms with Crippen molar-refractivity contribution in [3.8, 4) is 0 Å². The fraction of sp³-hybridized carbons (Fsp3) is 0.938. The van der Waals surface area contributed by atoms with Gasteiger partial charge in [0.25, 0.3) is 0 Å². The van der Waals surface area contributed by atoms with Gasteiger partial charge in [-0.25, -0.2) is 0 Å². The van der Waals surface area contributed by atoms with Crippen LogP contribution in [-0.4, -0.2) is 49.1 Å². The van der Waals surface area contributed by atoms with Gasteiger partial charge in [0, 0.05) is 12.6 Å². The molecule has 4 heteroatoms. The summed E-state index contributed by atoms with van der Waals surface area (Å²) in [5.74, 6) is 0.826. The van der Waals surface area contributed by atoms with Crippen LogP contribution in [0.15, 0.2) is 0 Å². The molecule has 4 nitrogen and oxygen atoms in total. The molecule has 1 aliphatic rings. The number of carbonyl (C=O) groups excluding carboxylic acids is 1. The highest BCUT2D eigenvalue weighted by atomic mass is 16.2. The largest absolute Gasteiger partial charge is 0.355 e. The third-order valence-electron chi connectivity index (χ3n) is 4.33. The molecule has 20 heavy (non-hydrogen) atoms. The average Bonchev–Trinajstić information content (AvgIpc) is 2.45. The van der Waals surface area contributed by atoms with E-state index in [1.165, 1.54) is 38.9 Å². The van der Waals surface area contributed by atoms with Gasteiger partial charge in [0.15, 0.2) is 0 Å². The van der Waals surface area contributed by atoms with Crippen molar-refractivity contribution in [1.82, 2.24) is 15.5 Å². The van der Waals surface area contributed by atoms with Crippen LogP contribution in [0.4, 0.5) is 0 Å². The van der Waals surface area contributed by atoms with Gasteiger partial charge in [0.05, 0.1) is 6.04 Å². The van der Waals surface area contributed by atoms with Crippen molar-refractivity contribution >= 4 is 5.91 Å². The number of hydrogen-bond donors (Lipinski definition) is 2. The molecule has 0 radical (unpaired) electrons. The Morgan fingerprint density at radius 2 is 1.85 bits per heavy atom. The van der Waals surface area contributed by atoms with E-state index in [2.05, 4.69) is 36.3 Å². The van der Waals surface area contributed by atoms with Crippen LogP contribution in [0.3, 0.4) is 0 Å². The molecule has 1 rings (SSSR count). The molecule has 2 atom stereocenters. The molecule has 0 spiro atoms. The normalized spacial score (nSPS) is 20.6. The maximum atomic E-state index is 11.9. The minimum absolute atomic E-state index is 0.0924. The highest BCUT2D eigenvalue weighted by Gasteiger charge is 2.25. The lowest BCUT2D eigenvalue weighted by Crippen LogP contribution is -2.50. The highest BCUT2D eigenvalue weighted by Crippen LogP contribution is 2.21. The zero-order valence-electron chi connectivity index (χ0n) is 13.7. The summed E-state index contributed by atoms with van der Waals surface area (Å²) in [5.41, 5.74) is 0. The first kappa shape index (κ1) is 17.4. The molecule has 1 fully saturated rings. The Labute approximate surface area is 124 Å². The van der Waals surface area contributed by atoms with Gasteiger partial charge in [0.2, 0.25) is 5.91 Å². The maximum Gasteiger partial charge on any atom is 0.236 e. The van der Waals surface area contributed by atoms with Crippen LogP contribution in [-0.2, 0) is 4.79 Å². The molecule has 0 aromatic heterocycles. The van der Waals surface area contributed by atoms with Crippen LogP contribution in [0.5, 0.6) is 0 Å². The molecule has 2 N–H and O–H groups in total. The van der Waals surface area contributed by atoms with E-state index in [0.717, 1.165) is 13.0 Å². The van der Waals surface area contributed by atoms with Gasteiger partial charge in [0.1, 0.15) is 0 Å². The molecular formula is C16H33N3O. The quantitative estimate of drug-likeness (QED) is 0.716. The van der Waals surface area contributed by atoms with Crippen molar-refractivity contribution in [3.05, 3.63) is 0 Å². The van der Waals surface area contributed by atoms with E-state index < -0.39 is 0 Å². The molecular weight excluding hydrogens is 250 g/mol. The van der Waals surface area contributed by atoms with Crippen LogP contribution in [0, 0.1) is 5.92 Å². The van der Waals surface area contributed by atoms with Crippen molar-refractivity contribution in [3.63, 3.8) is 0 Å². The number of likely N-dealkylation sites (tertiary alicyclic amines) is 1. The summed E-state index contributed by atoms with van der Waals surface area (Å²) in [7, 11) is 0. The fourth-order valence-electron chi connectivity index (χ4n) is 3.00. The van der Waals surface area contributed by atoms with Crippen molar-refractivity contribution < 1.29 is 4.79 Å². The summed E-state index contributed by atoms with van der Waals surface area (Å²) < 4.78 is 0. The number of amides is 1. The second kappa shape index (κ2) is 9.35. The lowest BCUT2D eigenvalue weighted by Gasteiger charge is -2.35. The first-order valence-electron chi connectivity index (χ1n) is 8.34. The summed E-state index contributed by atoms with van der Waals surface area (Å²) in [6.07, 6.45) is 4.73. The molecule has 0 aromatic rings. The second-order valence-corrected chi connectivity index (χ2v) is 6.15. The predicted octanol–water partition coefficient (Wildman–Crippen LogP) is 2.00. The Balaban J connectivity index is 2.28. The maximum absolute atomic E-state index is 11.9. The third-order valence-corrected chi connectivity index (χ3v) is 4.33. The summed E-state index contributed by atoms with van der Waals surface area (Å²) in [6.45, 7) is 12.9.